The van der Waals surface area contributed by atoms with E-state index in [1.807, 2.05) is 56.6 Å². The molecule has 0 amide bonds. The first-order valence-corrected chi connectivity index (χ1v) is 7.08. The van der Waals surface area contributed by atoms with E-state index in [9.17, 15) is 10.4 Å². The first-order valence-electron chi connectivity index (χ1n) is 7.08. The SMILES string of the molecule is CCCCC(O)C(C#N)(/C=C/c1ccccc1)N(C)C. The Balaban J connectivity index is 3.00. The van der Waals surface area contributed by atoms with Gasteiger partial charge in [0.25, 0.3) is 0 Å². The van der Waals surface area contributed by atoms with Gasteiger partial charge in [-0.2, -0.15) is 5.26 Å². The highest BCUT2D eigenvalue weighted by molar-refractivity contribution is 5.52. The van der Waals surface area contributed by atoms with Crippen LogP contribution in [0.5, 0.6) is 0 Å². The Morgan fingerprint density at radius 3 is 2.50 bits per heavy atom. The molecule has 2 unspecified atom stereocenters. The fourth-order valence-corrected chi connectivity index (χ4v) is 2.17. The molecule has 0 radical (unpaired) electrons. The van der Waals surface area contributed by atoms with E-state index in [0.29, 0.717) is 6.42 Å². The van der Waals surface area contributed by atoms with E-state index in [-0.39, 0.29) is 0 Å². The van der Waals surface area contributed by atoms with Crippen molar-refractivity contribution in [3.8, 4) is 6.07 Å². The van der Waals surface area contributed by atoms with E-state index in [1.165, 1.54) is 0 Å². The predicted molar refractivity (Wildman–Crippen MR) is 83.0 cm³/mol. The van der Waals surface area contributed by atoms with E-state index in [1.54, 1.807) is 4.90 Å². The molecular formula is C17H24N2O. The van der Waals surface area contributed by atoms with Crippen LogP contribution in [0.15, 0.2) is 36.4 Å². The number of nitrogens with zero attached hydrogens (tertiary/aromatic N) is 2. The summed E-state index contributed by atoms with van der Waals surface area (Å²) in [5.41, 5.74) is 0.0436. The minimum absolute atomic E-state index is 0.626. The number of likely N-dealkylation sites (N-methyl/N-ethyl adjacent to an activating group) is 1. The molecule has 1 aromatic carbocycles. The summed E-state index contributed by atoms with van der Waals surface area (Å²) in [7, 11) is 3.65. The fraction of sp³-hybridized carbons (Fsp3) is 0.471. The quantitative estimate of drug-likeness (QED) is 0.829. The van der Waals surface area contributed by atoms with Gasteiger partial charge in [0.2, 0.25) is 0 Å². The summed E-state index contributed by atoms with van der Waals surface area (Å²) < 4.78 is 0. The first kappa shape index (κ1) is 16.4. The Kier molecular flexibility index (Phi) is 6.44. The van der Waals surface area contributed by atoms with Crippen LogP contribution >= 0.6 is 0 Å². The van der Waals surface area contributed by atoms with Gasteiger partial charge in [-0.1, -0.05) is 56.2 Å². The molecule has 0 saturated carbocycles. The standard InChI is InChI=1S/C17H24N2O/c1-4-5-11-16(20)17(14-18,19(2)3)13-12-15-9-7-6-8-10-15/h6-10,12-13,16,20H,4-5,11H2,1-3H3/b13-12+. The van der Waals surface area contributed by atoms with Crippen molar-refractivity contribution < 1.29 is 5.11 Å². The van der Waals surface area contributed by atoms with Gasteiger partial charge in [-0.05, 0) is 32.2 Å². The Hall–Kier alpha value is -1.63. The van der Waals surface area contributed by atoms with E-state index >= 15 is 0 Å². The van der Waals surface area contributed by atoms with Gasteiger partial charge in [0.1, 0.15) is 0 Å². The molecule has 108 valence electrons. The minimum Gasteiger partial charge on any atom is -0.390 e. The second kappa shape index (κ2) is 7.84. The second-order valence-corrected chi connectivity index (χ2v) is 5.23. The highest BCUT2D eigenvalue weighted by Gasteiger charge is 2.37. The third-order valence-electron chi connectivity index (χ3n) is 3.59. The second-order valence-electron chi connectivity index (χ2n) is 5.23. The maximum absolute atomic E-state index is 10.4. The van der Waals surface area contributed by atoms with Crippen molar-refractivity contribution in [3.63, 3.8) is 0 Å². The lowest BCUT2D eigenvalue weighted by Crippen LogP contribution is -2.51. The molecule has 0 fully saturated rings. The molecule has 3 heteroatoms. The molecule has 3 nitrogen and oxygen atoms in total. The largest absolute Gasteiger partial charge is 0.390 e. The zero-order chi connectivity index (χ0) is 15.0. The van der Waals surface area contributed by atoms with Gasteiger partial charge in [-0.3, -0.25) is 4.90 Å². The molecule has 2 atom stereocenters. The lowest BCUT2D eigenvalue weighted by atomic mass is 9.88. The topological polar surface area (TPSA) is 47.3 Å². The number of rotatable bonds is 7. The predicted octanol–water partition coefficient (Wildman–Crippen LogP) is 3.07. The van der Waals surface area contributed by atoms with Gasteiger partial charge >= 0.3 is 0 Å². The maximum atomic E-state index is 10.4. The Bertz CT molecular complexity index is 462. The van der Waals surface area contributed by atoms with Crippen LogP contribution in [-0.2, 0) is 0 Å². The van der Waals surface area contributed by atoms with Crippen molar-refractivity contribution in [2.24, 2.45) is 0 Å². The number of aliphatic hydroxyl groups is 1. The normalized spacial score (nSPS) is 16.0. The van der Waals surface area contributed by atoms with Gasteiger partial charge in [0.05, 0.1) is 12.2 Å². The molecule has 0 spiro atoms. The van der Waals surface area contributed by atoms with Crippen molar-refractivity contribution in [2.75, 3.05) is 14.1 Å². The summed E-state index contributed by atoms with van der Waals surface area (Å²) in [5.74, 6) is 0. The molecule has 0 saturated heterocycles. The van der Waals surface area contributed by atoms with Crippen molar-refractivity contribution >= 4 is 6.08 Å². The van der Waals surface area contributed by atoms with Crippen LogP contribution in [0.1, 0.15) is 31.7 Å². The number of hydrogen-bond donors (Lipinski definition) is 1. The summed E-state index contributed by atoms with van der Waals surface area (Å²) in [4.78, 5) is 1.78. The Morgan fingerprint density at radius 2 is 2.00 bits per heavy atom. The smallest absolute Gasteiger partial charge is 0.153 e. The van der Waals surface area contributed by atoms with Gasteiger partial charge in [-0.25, -0.2) is 0 Å². The van der Waals surface area contributed by atoms with E-state index in [2.05, 4.69) is 13.0 Å². The molecule has 0 bridgehead atoms. The van der Waals surface area contributed by atoms with E-state index in [0.717, 1.165) is 18.4 Å². The zero-order valence-corrected chi connectivity index (χ0v) is 12.6. The number of hydrogen-bond acceptors (Lipinski definition) is 3. The first-order chi connectivity index (χ1) is 9.56. The van der Waals surface area contributed by atoms with Crippen molar-refractivity contribution in [1.29, 1.82) is 5.26 Å². The molecule has 20 heavy (non-hydrogen) atoms. The number of nitriles is 1. The summed E-state index contributed by atoms with van der Waals surface area (Å²) in [6, 6.07) is 12.1. The summed E-state index contributed by atoms with van der Waals surface area (Å²) in [6.45, 7) is 2.08. The average Bonchev–Trinajstić information content (AvgIpc) is 2.47. The lowest BCUT2D eigenvalue weighted by Gasteiger charge is -2.35. The van der Waals surface area contributed by atoms with Gasteiger partial charge in [0, 0.05) is 0 Å². The van der Waals surface area contributed by atoms with Gasteiger partial charge < -0.3 is 5.11 Å². The number of aliphatic hydroxyl groups excluding tert-OH is 1. The molecule has 0 aliphatic heterocycles. The summed E-state index contributed by atoms with van der Waals surface area (Å²) >= 11 is 0. The Morgan fingerprint density at radius 1 is 1.35 bits per heavy atom. The van der Waals surface area contributed by atoms with Crippen molar-refractivity contribution in [1.82, 2.24) is 4.90 Å². The molecule has 0 aliphatic carbocycles. The zero-order valence-electron chi connectivity index (χ0n) is 12.6. The fourth-order valence-electron chi connectivity index (χ4n) is 2.17. The van der Waals surface area contributed by atoms with Crippen LogP contribution in [-0.4, -0.2) is 35.7 Å². The van der Waals surface area contributed by atoms with Crippen molar-refractivity contribution in [2.45, 2.75) is 37.8 Å². The lowest BCUT2D eigenvalue weighted by molar-refractivity contribution is 0.0525. The van der Waals surface area contributed by atoms with Gasteiger partial charge in [-0.15, -0.1) is 0 Å². The van der Waals surface area contributed by atoms with Crippen LogP contribution in [0.2, 0.25) is 0 Å². The monoisotopic (exact) mass is 272 g/mol. The van der Waals surface area contributed by atoms with Crippen LogP contribution in [0.25, 0.3) is 6.08 Å². The Labute approximate surface area is 122 Å². The van der Waals surface area contributed by atoms with Crippen LogP contribution < -0.4 is 0 Å². The highest BCUT2D eigenvalue weighted by Crippen LogP contribution is 2.24. The van der Waals surface area contributed by atoms with Gasteiger partial charge in [0.15, 0.2) is 5.54 Å². The molecule has 0 heterocycles. The molecule has 0 aliphatic rings. The van der Waals surface area contributed by atoms with Crippen LogP contribution in [0.3, 0.4) is 0 Å². The van der Waals surface area contributed by atoms with Crippen LogP contribution in [0, 0.1) is 11.3 Å². The summed E-state index contributed by atoms with van der Waals surface area (Å²) in [5, 5.41) is 20.0. The highest BCUT2D eigenvalue weighted by atomic mass is 16.3. The molecule has 0 aromatic heterocycles. The molecular weight excluding hydrogens is 248 g/mol. The molecule has 1 rings (SSSR count). The maximum Gasteiger partial charge on any atom is 0.153 e. The third kappa shape index (κ3) is 3.93. The third-order valence-corrected chi connectivity index (χ3v) is 3.59. The summed E-state index contributed by atoms with van der Waals surface area (Å²) in [6.07, 6.45) is 5.57. The van der Waals surface area contributed by atoms with Crippen LogP contribution in [0.4, 0.5) is 0 Å². The average molecular weight is 272 g/mol. The number of unbranched alkanes of at least 4 members (excludes halogenated alkanes) is 1. The van der Waals surface area contributed by atoms with Crippen molar-refractivity contribution in [3.05, 3.63) is 42.0 Å². The van der Waals surface area contributed by atoms with E-state index < -0.39 is 11.6 Å². The van der Waals surface area contributed by atoms with E-state index in [4.69, 9.17) is 0 Å². The molecule has 1 N–H and O–H groups in total. The minimum atomic E-state index is -0.981. The molecule has 1 aromatic rings. The number of benzene rings is 1.